The van der Waals surface area contributed by atoms with Crippen molar-refractivity contribution in [3.63, 3.8) is 0 Å². The lowest BCUT2D eigenvalue weighted by Crippen LogP contribution is -2.38. The van der Waals surface area contributed by atoms with E-state index in [4.69, 9.17) is 0 Å². The molecule has 2 bridgehead atoms. The Labute approximate surface area is 98.4 Å². The molecule has 0 heterocycles. The van der Waals surface area contributed by atoms with Gasteiger partial charge in [0, 0.05) is 0 Å². The average molecular weight is 224 g/mol. The van der Waals surface area contributed by atoms with Gasteiger partial charge in [-0.15, -0.1) is 0 Å². The molecule has 2 aliphatic carbocycles. The van der Waals surface area contributed by atoms with Crippen molar-refractivity contribution in [2.45, 2.75) is 53.4 Å². The van der Waals surface area contributed by atoms with Crippen LogP contribution in [0.5, 0.6) is 0 Å². The number of hydrogen-bond acceptors (Lipinski definition) is 1. The number of carboxylic acid groups (broad SMARTS) is 1. The highest BCUT2D eigenvalue weighted by atomic mass is 16.4. The summed E-state index contributed by atoms with van der Waals surface area (Å²) < 4.78 is 0. The predicted octanol–water partition coefficient (Wildman–Crippen LogP) is 3.56. The van der Waals surface area contributed by atoms with E-state index in [0.29, 0.717) is 11.3 Å². The Balaban J connectivity index is 2.30. The molecule has 1 N–H and O–H groups in total. The summed E-state index contributed by atoms with van der Waals surface area (Å²) in [6, 6.07) is 0. The van der Waals surface area contributed by atoms with Crippen molar-refractivity contribution in [3.05, 3.63) is 0 Å². The molecule has 0 saturated heterocycles. The summed E-state index contributed by atoms with van der Waals surface area (Å²) >= 11 is 0. The molecule has 2 nitrogen and oxygen atoms in total. The fourth-order valence-corrected chi connectivity index (χ4v) is 4.51. The van der Waals surface area contributed by atoms with E-state index < -0.39 is 5.97 Å². The van der Waals surface area contributed by atoms with Gasteiger partial charge in [0.1, 0.15) is 0 Å². The Kier molecular flexibility index (Phi) is 2.60. The summed E-state index contributed by atoms with van der Waals surface area (Å²) in [6.45, 7) is 9.04. The second-order valence-electron chi connectivity index (χ2n) is 6.57. The van der Waals surface area contributed by atoms with E-state index in [2.05, 4.69) is 20.8 Å². The van der Waals surface area contributed by atoms with E-state index in [9.17, 15) is 9.90 Å². The van der Waals surface area contributed by atoms with Crippen molar-refractivity contribution >= 4 is 5.97 Å². The maximum absolute atomic E-state index is 11.3. The van der Waals surface area contributed by atoms with Crippen LogP contribution in [0.1, 0.15) is 53.4 Å². The van der Waals surface area contributed by atoms with E-state index in [-0.39, 0.29) is 11.3 Å². The minimum atomic E-state index is -0.586. The van der Waals surface area contributed by atoms with Crippen LogP contribution in [0.15, 0.2) is 0 Å². The Morgan fingerprint density at radius 3 is 2.38 bits per heavy atom. The van der Waals surface area contributed by atoms with E-state index in [1.54, 1.807) is 0 Å². The number of carbonyl (C=O) groups is 1. The second-order valence-corrected chi connectivity index (χ2v) is 6.57. The lowest BCUT2D eigenvalue weighted by Gasteiger charge is -2.41. The van der Waals surface area contributed by atoms with Gasteiger partial charge in [0.2, 0.25) is 0 Å². The van der Waals surface area contributed by atoms with Gasteiger partial charge in [-0.3, -0.25) is 4.79 Å². The van der Waals surface area contributed by atoms with Gasteiger partial charge < -0.3 is 5.11 Å². The third-order valence-electron chi connectivity index (χ3n) is 6.10. The molecule has 2 saturated carbocycles. The van der Waals surface area contributed by atoms with E-state index >= 15 is 0 Å². The predicted molar refractivity (Wildman–Crippen MR) is 64.1 cm³/mol. The summed E-state index contributed by atoms with van der Waals surface area (Å²) in [7, 11) is 0. The van der Waals surface area contributed by atoms with Gasteiger partial charge in [0.05, 0.1) is 5.92 Å². The zero-order valence-corrected chi connectivity index (χ0v) is 10.9. The Morgan fingerprint density at radius 1 is 1.44 bits per heavy atom. The molecule has 0 radical (unpaired) electrons. The smallest absolute Gasteiger partial charge is 0.306 e. The summed E-state index contributed by atoms with van der Waals surface area (Å²) in [5.41, 5.74) is 0.581. The average Bonchev–Trinajstić information content (AvgIpc) is 2.51. The molecule has 0 spiro atoms. The van der Waals surface area contributed by atoms with Crippen molar-refractivity contribution in [2.24, 2.45) is 28.6 Å². The monoisotopic (exact) mass is 224 g/mol. The lowest BCUT2D eigenvalue weighted by molar-refractivity contribution is -0.146. The van der Waals surface area contributed by atoms with Crippen LogP contribution in [-0.4, -0.2) is 11.1 Å². The summed E-state index contributed by atoms with van der Waals surface area (Å²) in [6.07, 6.45) is 4.43. The number of carboxylic acids is 1. The highest BCUT2D eigenvalue weighted by Gasteiger charge is 2.63. The second kappa shape index (κ2) is 3.48. The van der Waals surface area contributed by atoms with Gasteiger partial charge >= 0.3 is 5.97 Å². The molecule has 0 aromatic rings. The maximum Gasteiger partial charge on any atom is 0.306 e. The highest BCUT2D eigenvalue weighted by molar-refractivity contribution is 5.70. The van der Waals surface area contributed by atoms with Crippen molar-refractivity contribution in [2.75, 3.05) is 0 Å². The van der Waals surface area contributed by atoms with Crippen LogP contribution in [0.25, 0.3) is 0 Å². The third-order valence-corrected chi connectivity index (χ3v) is 6.10. The van der Waals surface area contributed by atoms with Crippen molar-refractivity contribution in [1.82, 2.24) is 0 Å². The number of rotatable bonds is 3. The van der Waals surface area contributed by atoms with Crippen LogP contribution in [0.2, 0.25) is 0 Å². The number of aliphatic carboxylic acids is 1. The molecular formula is C14H24O2. The van der Waals surface area contributed by atoms with Gasteiger partial charge in [-0.05, 0) is 48.3 Å². The summed E-state index contributed by atoms with van der Waals surface area (Å²) in [5, 5.41) is 9.35. The molecule has 0 aromatic carbocycles. The molecule has 4 unspecified atom stereocenters. The fourth-order valence-electron chi connectivity index (χ4n) is 4.51. The van der Waals surface area contributed by atoms with E-state index in [1.807, 2.05) is 6.92 Å². The quantitative estimate of drug-likeness (QED) is 0.796. The maximum atomic E-state index is 11.3. The van der Waals surface area contributed by atoms with Crippen LogP contribution in [0, 0.1) is 28.6 Å². The van der Waals surface area contributed by atoms with Crippen LogP contribution in [0.4, 0.5) is 0 Å². The summed E-state index contributed by atoms with van der Waals surface area (Å²) in [5.74, 6) is 0.423. The zero-order valence-electron chi connectivity index (χ0n) is 10.9. The van der Waals surface area contributed by atoms with Crippen molar-refractivity contribution in [1.29, 1.82) is 0 Å². The highest BCUT2D eigenvalue weighted by Crippen LogP contribution is 2.69. The van der Waals surface area contributed by atoms with E-state index in [1.165, 1.54) is 12.8 Å². The molecule has 2 aliphatic rings. The van der Waals surface area contributed by atoms with E-state index in [0.717, 1.165) is 18.8 Å². The van der Waals surface area contributed by atoms with Gasteiger partial charge in [-0.1, -0.05) is 27.7 Å². The first kappa shape index (κ1) is 11.9. The molecule has 2 fully saturated rings. The molecular weight excluding hydrogens is 200 g/mol. The standard InChI is InChI=1S/C14H24O2/c1-5-10(12(15)16)11-8-9-6-7-14(11,4)13(9,2)3/h9-11H,5-8H2,1-4H3,(H,15,16). The minimum Gasteiger partial charge on any atom is -0.481 e. The van der Waals surface area contributed by atoms with Crippen LogP contribution in [-0.2, 0) is 4.79 Å². The number of fused-ring (bicyclic) bond motifs is 2. The third kappa shape index (κ3) is 1.28. The molecule has 0 amide bonds. The Morgan fingerprint density at radius 2 is 2.06 bits per heavy atom. The van der Waals surface area contributed by atoms with Gasteiger partial charge in [0.15, 0.2) is 0 Å². The molecule has 2 rings (SSSR count). The molecule has 92 valence electrons. The zero-order chi connectivity index (χ0) is 12.1. The molecule has 4 atom stereocenters. The van der Waals surface area contributed by atoms with Crippen molar-refractivity contribution in [3.8, 4) is 0 Å². The first-order valence-electron chi connectivity index (χ1n) is 6.57. The fraction of sp³-hybridized carbons (Fsp3) is 0.929. The number of hydrogen-bond donors (Lipinski definition) is 1. The van der Waals surface area contributed by atoms with Crippen LogP contribution < -0.4 is 0 Å². The van der Waals surface area contributed by atoms with Crippen LogP contribution in [0.3, 0.4) is 0 Å². The first-order valence-corrected chi connectivity index (χ1v) is 6.57. The van der Waals surface area contributed by atoms with Crippen molar-refractivity contribution < 1.29 is 9.90 Å². The molecule has 16 heavy (non-hydrogen) atoms. The first-order chi connectivity index (χ1) is 7.34. The topological polar surface area (TPSA) is 37.3 Å². The lowest BCUT2D eigenvalue weighted by atomic mass is 9.63. The normalized spacial score (nSPS) is 42.2. The Hall–Kier alpha value is -0.530. The molecule has 2 heteroatoms. The van der Waals surface area contributed by atoms with Gasteiger partial charge in [-0.2, -0.15) is 0 Å². The molecule has 0 aliphatic heterocycles. The minimum absolute atomic E-state index is 0.130. The van der Waals surface area contributed by atoms with Gasteiger partial charge in [0.25, 0.3) is 0 Å². The van der Waals surface area contributed by atoms with Gasteiger partial charge in [-0.25, -0.2) is 0 Å². The molecule has 0 aromatic heterocycles. The SMILES string of the molecule is CCC(C(=O)O)C1CC2CCC1(C)C2(C)C. The van der Waals surface area contributed by atoms with Crippen LogP contribution >= 0.6 is 0 Å². The Bertz CT molecular complexity index is 308. The largest absolute Gasteiger partial charge is 0.481 e. The summed E-state index contributed by atoms with van der Waals surface area (Å²) in [4.78, 5) is 11.3.